The lowest BCUT2D eigenvalue weighted by molar-refractivity contribution is -0.140. The number of piperidine rings is 1. The van der Waals surface area contributed by atoms with Gasteiger partial charge >= 0.3 is 0 Å². The maximum Gasteiger partial charge on any atom is 0.243 e. The van der Waals surface area contributed by atoms with E-state index < -0.39 is 10.0 Å². The molecule has 0 aromatic heterocycles. The van der Waals surface area contributed by atoms with Crippen LogP contribution in [0.4, 0.5) is 0 Å². The molecular formula is C16H21BrN2O4S. The third kappa shape index (κ3) is 3.82. The summed E-state index contributed by atoms with van der Waals surface area (Å²) in [6, 6.07) is 6.73. The topological polar surface area (TPSA) is 66.9 Å². The van der Waals surface area contributed by atoms with Crippen molar-refractivity contribution in [1.82, 2.24) is 9.21 Å². The zero-order valence-electron chi connectivity index (χ0n) is 13.4. The van der Waals surface area contributed by atoms with Gasteiger partial charge in [-0.15, -0.1) is 0 Å². The molecule has 6 nitrogen and oxygen atoms in total. The van der Waals surface area contributed by atoms with Crippen LogP contribution in [-0.2, 0) is 19.6 Å². The molecule has 0 saturated carbocycles. The molecule has 0 bridgehead atoms. The standard InChI is InChI=1S/C16H21BrN2O4S/c17-14-2-1-3-15(12-14)24(21,22)19-6-4-13(5-7-19)16(20)18-8-10-23-11-9-18/h1-3,12-13H,4-11H2. The summed E-state index contributed by atoms with van der Waals surface area (Å²) in [7, 11) is -3.50. The first-order valence-corrected chi connectivity index (χ1v) is 10.3. The average Bonchev–Trinajstić information content (AvgIpc) is 2.62. The van der Waals surface area contributed by atoms with E-state index in [4.69, 9.17) is 4.74 Å². The van der Waals surface area contributed by atoms with Gasteiger partial charge in [0.25, 0.3) is 0 Å². The van der Waals surface area contributed by atoms with Crippen molar-refractivity contribution in [3.63, 3.8) is 0 Å². The number of sulfonamides is 1. The van der Waals surface area contributed by atoms with Gasteiger partial charge in [-0.25, -0.2) is 8.42 Å². The zero-order chi connectivity index (χ0) is 17.2. The Morgan fingerprint density at radius 2 is 1.79 bits per heavy atom. The van der Waals surface area contributed by atoms with E-state index in [9.17, 15) is 13.2 Å². The molecule has 2 fully saturated rings. The van der Waals surface area contributed by atoms with Gasteiger partial charge in [-0.1, -0.05) is 22.0 Å². The van der Waals surface area contributed by atoms with Crippen LogP contribution in [0.15, 0.2) is 33.6 Å². The quantitative estimate of drug-likeness (QED) is 0.751. The van der Waals surface area contributed by atoms with Crippen molar-refractivity contribution in [2.24, 2.45) is 5.92 Å². The molecule has 1 amide bonds. The molecule has 24 heavy (non-hydrogen) atoms. The van der Waals surface area contributed by atoms with E-state index in [1.54, 1.807) is 24.3 Å². The fourth-order valence-corrected chi connectivity index (χ4v) is 5.23. The van der Waals surface area contributed by atoms with Crippen LogP contribution in [0.1, 0.15) is 12.8 Å². The van der Waals surface area contributed by atoms with Gasteiger partial charge < -0.3 is 9.64 Å². The molecule has 0 aliphatic carbocycles. The highest BCUT2D eigenvalue weighted by atomic mass is 79.9. The summed E-state index contributed by atoms with van der Waals surface area (Å²) >= 11 is 3.31. The van der Waals surface area contributed by atoms with Gasteiger partial charge in [-0.05, 0) is 31.0 Å². The number of benzene rings is 1. The van der Waals surface area contributed by atoms with Crippen LogP contribution in [0, 0.1) is 5.92 Å². The Balaban J connectivity index is 1.63. The van der Waals surface area contributed by atoms with Gasteiger partial charge in [-0.3, -0.25) is 4.79 Å². The zero-order valence-corrected chi connectivity index (χ0v) is 15.8. The van der Waals surface area contributed by atoms with E-state index in [1.807, 2.05) is 4.90 Å². The number of amides is 1. The largest absolute Gasteiger partial charge is 0.378 e. The predicted octanol–water partition coefficient (Wildman–Crippen LogP) is 1.71. The molecule has 1 aromatic rings. The van der Waals surface area contributed by atoms with Crippen LogP contribution in [0.2, 0.25) is 0 Å². The number of carbonyl (C=O) groups excluding carboxylic acids is 1. The lowest BCUT2D eigenvalue weighted by Crippen LogP contribution is -2.47. The second-order valence-corrected chi connectivity index (χ2v) is 8.93. The molecule has 2 aliphatic rings. The summed E-state index contributed by atoms with van der Waals surface area (Å²) in [4.78, 5) is 14.6. The Hall–Kier alpha value is -0.960. The van der Waals surface area contributed by atoms with Crippen LogP contribution in [0.3, 0.4) is 0 Å². The second-order valence-electron chi connectivity index (χ2n) is 6.07. The van der Waals surface area contributed by atoms with Crippen molar-refractivity contribution < 1.29 is 17.9 Å². The smallest absolute Gasteiger partial charge is 0.243 e. The third-order valence-electron chi connectivity index (χ3n) is 4.56. The highest BCUT2D eigenvalue weighted by molar-refractivity contribution is 9.10. The summed E-state index contributed by atoms with van der Waals surface area (Å²) in [6.45, 7) is 3.21. The number of morpholine rings is 1. The minimum absolute atomic E-state index is 0.0861. The number of hydrogen-bond acceptors (Lipinski definition) is 4. The van der Waals surface area contributed by atoms with Crippen LogP contribution >= 0.6 is 15.9 Å². The van der Waals surface area contributed by atoms with E-state index in [0.29, 0.717) is 52.2 Å². The fraction of sp³-hybridized carbons (Fsp3) is 0.562. The van der Waals surface area contributed by atoms with E-state index >= 15 is 0 Å². The van der Waals surface area contributed by atoms with E-state index in [1.165, 1.54) is 4.31 Å². The first kappa shape index (κ1) is 17.8. The monoisotopic (exact) mass is 416 g/mol. The molecule has 0 unspecified atom stereocenters. The molecule has 132 valence electrons. The second kappa shape index (κ2) is 7.51. The van der Waals surface area contributed by atoms with Crippen molar-refractivity contribution in [3.05, 3.63) is 28.7 Å². The van der Waals surface area contributed by atoms with Gasteiger partial charge in [0, 0.05) is 36.6 Å². The molecule has 0 atom stereocenters. The highest BCUT2D eigenvalue weighted by Gasteiger charge is 2.34. The Kier molecular flexibility index (Phi) is 5.59. The van der Waals surface area contributed by atoms with Crippen LogP contribution in [-0.4, -0.2) is 62.9 Å². The van der Waals surface area contributed by atoms with Crippen LogP contribution < -0.4 is 0 Å². The van der Waals surface area contributed by atoms with Crippen LogP contribution in [0.25, 0.3) is 0 Å². The molecule has 3 rings (SSSR count). The van der Waals surface area contributed by atoms with Crippen molar-refractivity contribution in [2.75, 3.05) is 39.4 Å². The maximum absolute atomic E-state index is 12.7. The van der Waals surface area contributed by atoms with Gasteiger partial charge in [-0.2, -0.15) is 4.31 Å². The number of rotatable bonds is 3. The normalized spacial score (nSPS) is 21.0. The average molecular weight is 417 g/mol. The van der Waals surface area contributed by atoms with Crippen molar-refractivity contribution in [3.8, 4) is 0 Å². The lowest BCUT2D eigenvalue weighted by Gasteiger charge is -2.35. The molecule has 0 radical (unpaired) electrons. The molecule has 2 saturated heterocycles. The number of nitrogens with zero attached hydrogens (tertiary/aromatic N) is 2. The molecule has 8 heteroatoms. The number of halogens is 1. The summed E-state index contributed by atoms with van der Waals surface area (Å²) in [5, 5.41) is 0. The van der Waals surface area contributed by atoms with Gasteiger partial charge in [0.15, 0.2) is 0 Å². The number of hydrogen-bond donors (Lipinski definition) is 0. The molecule has 0 spiro atoms. The third-order valence-corrected chi connectivity index (χ3v) is 6.95. The first-order valence-electron chi connectivity index (χ1n) is 8.11. The predicted molar refractivity (Wildman–Crippen MR) is 93.0 cm³/mol. The Morgan fingerprint density at radius 1 is 1.12 bits per heavy atom. The van der Waals surface area contributed by atoms with Crippen molar-refractivity contribution in [2.45, 2.75) is 17.7 Å². The lowest BCUT2D eigenvalue weighted by atomic mass is 9.96. The van der Waals surface area contributed by atoms with Crippen molar-refractivity contribution in [1.29, 1.82) is 0 Å². The van der Waals surface area contributed by atoms with Crippen LogP contribution in [0.5, 0.6) is 0 Å². The summed E-state index contributed by atoms with van der Waals surface area (Å²) in [5.74, 6) is 0.0508. The molecular weight excluding hydrogens is 396 g/mol. The van der Waals surface area contributed by atoms with E-state index in [2.05, 4.69) is 15.9 Å². The summed E-state index contributed by atoms with van der Waals surface area (Å²) in [6.07, 6.45) is 1.15. The Bertz CT molecular complexity index is 696. The number of carbonyl (C=O) groups is 1. The first-order chi connectivity index (χ1) is 11.5. The Labute approximate surface area is 150 Å². The van der Waals surface area contributed by atoms with E-state index in [-0.39, 0.29) is 16.7 Å². The Morgan fingerprint density at radius 3 is 2.42 bits per heavy atom. The summed E-state index contributed by atoms with van der Waals surface area (Å²) < 4.78 is 32.9. The summed E-state index contributed by atoms with van der Waals surface area (Å²) in [5.41, 5.74) is 0. The molecule has 2 heterocycles. The highest BCUT2D eigenvalue weighted by Crippen LogP contribution is 2.26. The number of ether oxygens (including phenoxy) is 1. The fourth-order valence-electron chi connectivity index (χ4n) is 3.16. The minimum atomic E-state index is -3.50. The van der Waals surface area contributed by atoms with E-state index in [0.717, 1.165) is 4.47 Å². The van der Waals surface area contributed by atoms with Gasteiger partial charge in [0.05, 0.1) is 18.1 Å². The van der Waals surface area contributed by atoms with Gasteiger partial charge in [0.1, 0.15) is 0 Å². The SMILES string of the molecule is O=C(C1CCN(S(=O)(=O)c2cccc(Br)c2)CC1)N1CCOCC1. The maximum atomic E-state index is 12.7. The molecule has 0 N–H and O–H groups in total. The molecule has 2 aliphatic heterocycles. The van der Waals surface area contributed by atoms with Crippen molar-refractivity contribution >= 4 is 31.9 Å². The molecule has 1 aromatic carbocycles. The minimum Gasteiger partial charge on any atom is -0.378 e. The van der Waals surface area contributed by atoms with Gasteiger partial charge in [0.2, 0.25) is 15.9 Å².